The topological polar surface area (TPSA) is 38.3 Å². The number of nitrogens with one attached hydrogen (secondary N) is 1. The van der Waals surface area contributed by atoms with Crippen molar-refractivity contribution < 1.29 is 13.9 Å². The Kier molecular flexibility index (Phi) is 5.42. The van der Waals surface area contributed by atoms with E-state index in [-0.39, 0.29) is 10.4 Å². The largest absolute Gasteiger partial charge is 0.383 e. The molecule has 0 saturated carbocycles. The Labute approximate surface area is 102 Å². The summed E-state index contributed by atoms with van der Waals surface area (Å²) in [6, 6.07) is 5.88. The number of methoxy groups -OCH3 is 1. The lowest BCUT2D eigenvalue weighted by atomic mass is 10.2. The number of benzene rings is 1. The Balaban J connectivity index is 2.50. The van der Waals surface area contributed by atoms with Crippen LogP contribution in [0.15, 0.2) is 24.3 Å². The van der Waals surface area contributed by atoms with Crippen molar-refractivity contribution in [3.05, 3.63) is 35.6 Å². The van der Waals surface area contributed by atoms with Crippen LogP contribution in [0.3, 0.4) is 0 Å². The molecule has 16 heavy (non-hydrogen) atoms. The highest BCUT2D eigenvalue weighted by Gasteiger charge is 2.11. The number of carbonyl (C=O) groups excluding carboxylic acids is 1. The molecule has 0 fully saturated rings. The minimum Gasteiger partial charge on any atom is -0.383 e. The van der Waals surface area contributed by atoms with Crippen molar-refractivity contribution in [2.45, 2.75) is 4.83 Å². The Morgan fingerprint density at radius 2 is 2.25 bits per heavy atom. The average Bonchev–Trinajstić information content (AvgIpc) is 2.27. The summed E-state index contributed by atoms with van der Waals surface area (Å²) in [5, 5.41) is 2.62. The Hall–Kier alpha value is -0.940. The Morgan fingerprint density at radius 1 is 1.56 bits per heavy atom. The lowest BCUT2D eigenvalue weighted by Gasteiger charge is -2.10. The number of alkyl halides is 1. The van der Waals surface area contributed by atoms with Crippen LogP contribution in [0.1, 0.15) is 10.4 Å². The highest BCUT2D eigenvalue weighted by molar-refractivity contribution is 9.09. The number of hydrogen-bond acceptors (Lipinski definition) is 2. The van der Waals surface area contributed by atoms with Crippen molar-refractivity contribution in [3.63, 3.8) is 0 Å². The molecule has 5 heteroatoms. The summed E-state index contributed by atoms with van der Waals surface area (Å²) in [4.78, 5) is 11.6. The molecule has 1 rings (SSSR count). The second-order valence-corrected chi connectivity index (χ2v) is 4.54. The number of halogens is 2. The predicted molar refractivity (Wildman–Crippen MR) is 63.3 cm³/mol. The average molecular weight is 290 g/mol. The second kappa shape index (κ2) is 6.60. The van der Waals surface area contributed by atoms with Crippen molar-refractivity contribution in [3.8, 4) is 0 Å². The fourth-order valence-electron chi connectivity index (χ4n) is 1.18. The minimum absolute atomic E-state index is 0.0215. The van der Waals surface area contributed by atoms with E-state index in [0.29, 0.717) is 13.2 Å². The van der Waals surface area contributed by atoms with Gasteiger partial charge < -0.3 is 10.1 Å². The summed E-state index contributed by atoms with van der Waals surface area (Å²) in [6.45, 7) is 0.874. The van der Waals surface area contributed by atoms with Gasteiger partial charge in [0, 0.05) is 13.7 Å². The van der Waals surface area contributed by atoms with Gasteiger partial charge in [-0.2, -0.15) is 0 Å². The first-order valence-corrected chi connectivity index (χ1v) is 5.72. The maximum Gasteiger partial charge on any atom is 0.254 e. The molecule has 3 nitrogen and oxygen atoms in total. The van der Waals surface area contributed by atoms with Crippen LogP contribution in [0.2, 0.25) is 0 Å². The third-order valence-electron chi connectivity index (χ3n) is 1.95. The van der Waals surface area contributed by atoms with Crippen LogP contribution < -0.4 is 5.32 Å². The van der Waals surface area contributed by atoms with E-state index in [1.807, 2.05) is 0 Å². The fraction of sp³-hybridized carbons (Fsp3) is 0.364. The summed E-state index contributed by atoms with van der Waals surface area (Å²) in [6.07, 6.45) is 0. The lowest BCUT2D eigenvalue weighted by Crippen LogP contribution is -2.31. The van der Waals surface area contributed by atoms with E-state index in [0.717, 1.165) is 0 Å². The quantitative estimate of drug-likeness (QED) is 0.842. The SMILES string of the molecule is COCC(Br)CNC(=O)c1ccccc1F. The first-order valence-electron chi connectivity index (χ1n) is 4.81. The molecule has 0 aliphatic rings. The summed E-state index contributed by atoms with van der Waals surface area (Å²) in [5.41, 5.74) is 0.0552. The van der Waals surface area contributed by atoms with Gasteiger partial charge in [-0.25, -0.2) is 4.39 Å². The van der Waals surface area contributed by atoms with Crippen molar-refractivity contribution in [1.82, 2.24) is 5.32 Å². The van der Waals surface area contributed by atoms with E-state index in [1.54, 1.807) is 19.2 Å². The van der Waals surface area contributed by atoms with Crippen LogP contribution in [-0.4, -0.2) is 31.0 Å². The third-order valence-corrected chi connectivity index (χ3v) is 2.54. The number of hydrogen-bond donors (Lipinski definition) is 1. The zero-order chi connectivity index (χ0) is 12.0. The van der Waals surface area contributed by atoms with Crippen LogP contribution in [-0.2, 0) is 4.74 Å². The van der Waals surface area contributed by atoms with Crippen molar-refractivity contribution in [2.24, 2.45) is 0 Å². The van der Waals surface area contributed by atoms with Gasteiger partial charge in [-0.3, -0.25) is 4.79 Å². The zero-order valence-corrected chi connectivity index (χ0v) is 10.5. The number of ether oxygens (including phenoxy) is 1. The molecule has 88 valence electrons. The first-order chi connectivity index (χ1) is 7.65. The van der Waals surface area contributed by atoms with Gasteiger partial charge in [0.25, 0.3) is 5.91 Å². The van der Waals surface area contributed by atoms with Gasteiger partial charge in [0.2, 0.25) is 0 Å². The van der Waals surface area contributed by atoms with E-state index >= 15 is 0 Å². The third kappa shape index (κ3) is 3.90. The molecule has 1 aromatic carbocycles. The molecule has 1 N–H and O–H groups in total. The highest BCUT2D eigenvalue weighted by Crippen LogP contribution is 2.06. The first kappa shape index (κ1) is 13.1. The Morgan fingerprint density at radius 3 is 2.88 bits per heavy atom. The number of rotatable bonds is 5. The highest BCUT2D eigenvalue weighted by atomic mass is 79.9. The zero-order valence-electron chi connectivity index (χ0n) is 8.87. The van der Waals surface area contributed by atoms with Gasteiger partial charge in [-0.15, -0.1) is 0 Å². The summed E-state index contributed by atoms with van der Waals surface area (Å²) in [5.74, 6) is -0.934. The molecular formula is C11H13BrFNO2. The molecule has 1 aromatic rings. The maximum absolute atomic E-state index is 13.2. The van der Waals surface area contributed by atoms with E-state index in [2.05, 4.69) is 21.2 Å². The van der Waals surface area contributed by atoms with Crippen LogP contribution in [0.5, 0.6) is 0 Å². The molecule has 1 atom stereocenters. The van der Waals surface area contributed by atoms with Crippen LogP contribution in [0, 0.1) is 5.82 Å². The van der Waals surface area contributed by atoms with Gasteiger partial charge in [0.05, 0.1) is 17.0 Å². The van der Waals surface area contributed by atoms with Gasteiger partial charge >= 0.3 is 0 Å². The predicted octanol–water partition coefficient (Wildman–Crippen LogP) is 1.97. The van der Waals surface area contributed by atoms with Crippen molar-refractivity contribution in [1.29, 1.82) is 0 Å². The van der Waals surface area contributed by atoms with Gasteiger partial charge in [-0.1, -0.05) is 28.1 Å². The summed E-state index contributed by atoms with van der Waals surface area (Å²) >= 11 is 3.32. The van der Waals surface area contributed by atoms with E-state index < -0.39 is 11.7 Å². The molecule has 1 amide bonds. The summed E-state index contributed by atoms with van der Waals surface area (Å²) in [7, 11) is 1.58. The van der Waals surface area contributed by atoms with Crippen LogP contribution >= 0.6 is 15.9 Å². The van der Waals surface area contributed by atoms with Gasteiger partial charge in [0.1, 0.15) is 5.82 Å². The standard InChI is InChI=1S/C11H13BrFNO2/c1-16-7-8(12)6-14-11(15)9-4-2-3-5-10(9)13/h2-5,8H,6-7H2,1H3,(H,14,15). The molecule has 0 aromatic heterocycles. The van der Waals surface area contributed by atoms with Gasteiger partial charge in [0.15, 0.2) is 0 Å². The molecule has 0 aliphatic heterocycles. The summed E-state index contributed by atoms with van der Waals surface area (Å²) < 4.78 is 18.1. The molecule has 0 spiro atoms. The Bertz CT molecular complexity index is 360. The van der Waals surface area contributed by atoms with Gasteiger partial charge in [-0.05, 0) is 12.1 Å². The molecule has 0 heterocycles. The van der Waals surface area contributed by atoms with Crippen molar-refractivity contribution >= 4 is 21.8 Å². The normalized spacial score (nSPS) is 12.2. The minimum atomic E-state index is -0.516. The van der Waals surface area contributed by atoms with Crippen LogP contribution in [0.4, 0.5) is 4.39 Å². The monoisotopic (exact) mass is 289 g/mol. The van der Waals surface area contributed by atoms with Crippen LogP contribution in [0.25, 0.3) is 0 Å². The molecule has 0 saturated heterocycles. The van der Waals surface area contributed by atoms with E-state index in [4.69, 9.17) is 4.74 Å². The molecule has 1 unspecified atom stereocenters. The smallest absolute Gasteiger partial charge is 0.254 e. The van der Waals surface area contributed by atoms with Crippen molar-refractivity contribution in [2.75, 3.05) is 20.3 Å². The second-order valence-electron chi connectivity index (χ2n) is 3.24. The number of carbonyl (C=O) groups is 1. The van der Waals surface area contributed by atoms with E-state index in [9.17, 15) is 9.18 Å². The van der Waals surface area contributed by atoms with E-state index in [1.165, 1.54) is 12.1 Å². The fourth-order valence-corrected chi connectivity index (χ4v) is 1.61. The molecule has 0 aliphatic carbocycles. The number of amides is 1. The molecule has 0 bridgehead atoms. The lowest BCUT2D eigenvalue weighted by molar-refractivity contribution is 0.0946. The maximum atomic E-state index is 13.2. The molecular weight excluding hydrogens is 277 g/mol. The molecule has 0 radical (unpaired) electrons.